The second-order valence-corrected chi connectivity index (χ2v) is 6.64. The van der Waals surface area contributed by atoms with E-state index in [0.29, 0.717) is 5.89 Å². The summed E-state index contributed by atoms with van der Waals surface area (Å²) >= 11 is 3.43. The Bertz CT molecular complexity index is 1060. The van der Waals surface area contributed by atoms with Gasteiger partial charge in [-0.15, -0.1) is 0 Å². The lowest BCUT2D eigenvalue weighted by atomic mass is 10.2. The van der Waals surface area contributed by atoms with Crippen LogP contribution in [0.25, 0.3) is 28.6 Å². The number of halogens is 1. The van der Waals surface area contributed by atoms with Gasteiger partial charge < -0.3 is 4.42 Å². The predicted molar refractivity (Wildman–Crippen MR) is 111 cm³/mol. The van der Waals surface area contributed by atoms with Crippen molar-refractivity contribution in [1.29, 1.82) is 0 Å². The van der Waals surface area contributed by atoms with E-state index in [1.165, 1.54) is 0 Å². The Morgan fingerprint density at radius 2 is 1.77 bits per heavy atom. The Labute approximate surface area is 159 Å². The number of aliphatic imine (C=N–C) groups is 1. The minimum Gasteiger partial charge on any atom is -0.436 e. The average molecular weight is 403 g/mol. The SMILES string of the molecule is Brc1ccc(C=CC=Nc2cccc(-c3nc4ccccc4o3)c2)cc1. The van der Waals surface area contributed by atoms with Crippen molar-refractivity contribution >= 4 is 45.0 Å². The van der Waals surface area contributed by atoms with E-state index in [2.05, 4.69) is 25.9 Å². The molecule has 4 rings (SSSR count). The first kappa shape index (κ1) is 16.5. The van der Waals surface area contributed by atoms with Gasteiger partial charge in [-0.3, -0.25) is 4.99 Å². The second kappa shape index (κ2) is 7.50. The van der Waals surface area contributed by atoms with Crippen molar-refractivity contribution in [3.05, 3.63) is 88.9 Å². The van der Waals surface area contributed by atoms with Crippen molar-refractivity contribution in [3.8, 4) is 11.5 Å². The topological polar surface area (TPSA) is 38.4 Å². The minimum absolute atomic E-state index is 0.605. The lowest BCUT2D eigenvalue weighted by molar-refractivity contribution is 0.620. The van der Waals surface area contributed by atoms with E-state index in [4.69, 9.17) is 4.42 Å². The fraction of sp³-hybridized carbons (Fsp3) is 0. The molecule has 0 N–H and O–H groups in total. The summed E-state index contributed by atoms with van der Waals surface area (Å²) < 4.78 is 6.89. The number of nitrogens with zero attached hydrogens (tertiary/aromatic N) is 2. The molecular formula is C22H15BrN2O. The zero-order chi connectivity index (χ0) is 17.8. The summed E-state index contributed by atoms with van der Waals surface area (Å²) in [5, 5.41) is 0. The molecule has 0 aliphatic rings. The number of aromatic nitrogens is 1. The third-order valence-electron chi connectivity index (χ3n) is 3.86. The largest absolute Gasteiger partial charge is 0.436 e. The summed E-state index contributed by atoms with van der Waals surface area (Å²) in [7, 11) is 0. The van der Waals surface area contributed by atoms with Gasteiger partial charge >= 0.3 is 0 Å². The maximum absolute atomic E-state index is 5.82. The number of benzene rings is 3. The van der Waals surface area contributed by atoms with Gasteiger partial charge in [-0.1, -0.05) is 52.3 Å². The van der Waals surface area contributed by atoms with Gasteiger partial charge in [0.1, 0.15) is 5.52 Å². The van der Waals surface area contributed by atoms with Crippen LogP contribution in [0.3, 0.4) is 0 Å². The van der Waals surface area contributed by atoms with E-state index in [1.54, 1.807) is 6.21 Å². The van der Waals surface area contributed by atoms with E-state index >= 15 is 0 Å². The summed E-state index contributed by atoms with van der Waals surface area (Å²) in [5.41, 5.74) is 4.53. The number of para-hydroxylation sites is 2. The number of rotatable bonds is 4. The minimum atomic E-state index is 0.605. The van der Waals surface area contributed by atoms with Gasteiger partial charge in [-0.2, -0.15) is 0 Å². The predicted octanol–water partition coefficient (Wildman–Crippen LogP) is 6.67. The molecule has 1 aromatic heterocycles. The highest BCUT2D eigenvalue weighted by molar-refractivity contribution is 9.10. The van der Waals surface area contributed by atoms with Gasteiger partial charge in [-0.05, 0) is 54.1 Å². The third-order valence-corrected chi connectivity index (χ3v) is 4.38. The molecule has 0 aliphatic heterocycles. The molecule has 4 aromatic rings. The second-order valence-electron chi connectivity index (χ2n) is 5.73. The van der Waals surface area contributed by atoms with E-state index in [-0.39, 0.29) is 0 Å². The maximum Gasteiger partial charge on any atom is 0.227 e. The Hall–Kier alpha value is -2.98. The summed E-state index contributed by atoms with van der Waals surface area (Å²) in [5.74, 6) is 0.605. The van der Waals surface area contributed by atoms with Crippen LogP contribution in [-0.2, 0) is 0 Å². The maximum atomic E-state index is 5.82. The molecule has 126 valence electrons. The highest BCUT2D eigenvalue weighted by Crippen LogP contribution is 2.26. The molecule has 0 saturated carbocycles. The number of oxazole rings is 1. The van der Waals surface area contributed by atoms with Crippen molar-refractivity contribution in [2.24, 2.45) is 4.99 Å². The molecule has 1 heterocycles. The van der Waals surface area contributed by atoms with Gasteiger partial charge in [0.25, 0.3) is 0 Å². The molecule has 0 aliphatic carbocycles. The van der Waals surface area contributed by atoms with E-state index in [9.17, 15) is 0 Å². The molecule has 0 atom stereocenters. The molecule has 26 heavy (non-hydrogen) atoms. The third kappa shape index (κ3) is 3.81. The van der Waals surface area contributed by atoms with Gasteiger partial charge in [0.15, 0.2) is 5.58 Å². The van der Waals surface area contributed by atoms with E-state index < -0.39 is 0 Å². The molecule has 3 aromatic carbocycles. The van der Waals surface area contributed by atoms with E-state index in [1.807, 2.05) is 84.9 Å². The summed E-state index contributed by atoms with van der Waals surface area (Å²) in [6.07, 6.45) is 5.73. The summed E-state index contributed by atoms with van der Waals surface area (Å²) in [6.45, 7) is 0. The van der Waals surface area contributed by atoms with Crippen LogP contribution in [0.5, 0.6) is 0 Å². The Balaban J connectivity index is 1.52. The van der Waals surface area contributed by atoms with Crippen LogP contribution in [0.4, 0.5) is 5.69 Å². The van der Waals surface area contributed by atoms with Crippen LogP contribution in [0.2, 0.25) is 0 Å². The van der Waals surface area contributed by atoms with E-state index in [0.717, 1.165) is 32.4 Å². The highest BCUT2D eigenvalue weighted by Gasteiger charge is 2.07. The zero-order valence-electron chi connectivity index (χ0n) is 13.8. The van der Waals surface area contributed by atoms with Crippen LogP contribution < -0.4 is 0 Å². The van der Waals surface area contributed by atoms with Crippen molar-refractivity contribution in [2.45, 2.75) is 0 Å². The van der Waals surface area contributed by atoms with Gasteiger partial charge in [0.2, 0.25) is 5.89 Å². The van der Waals surface area contributed by atoms with Crippen molar-refractivity contribution in [3.63, 3.8) is 0 Å². The van der Waals surface area contributed by atoms with Crippen LogP contribution >= 0.6 is 15.9 Å². The van der Waals surface area contributed by atoms with Crippen LogP contribution in [0.1, 0.15) is 5.56 Å². The molecule has 0 spiro atoms. The fourth-order valence-corrected chi connectivity index (χ4v) is 2.84. The standard InChI is InChI=1S/C22H15BrN2O/c23-18-12-10-16(11-13-18)5-4-14-24-19-7-3-6-17(15-19)22-25-20-8-1-2-9-21(20)26-22/h1-15H. The van der Waals surface area contributed by atoms with Gasteiger partial charge in [-0.25, -0.2) is 4.98 Å². The van der Waals surface area contributed by atoms with Crippen molar-refractivity contribution < 1.29 is 4.42 Å². The molecule has 0 radical (unpaired) electrons. The summed E-state index contributed by atoms with van der Waals surface area (Å²) in [6, 6.07) is 23.7. The highest BCUT2D eigenvalue weighted by atomic mass is 79.9. The molecule has 0 bridgehead atoms. The van der Waals surface area contributed by atoms with Crippen LogP contribution in [-0.4, -0.2) is 11.2 Å². The quantitative estimate of drug-likeness (QED) is 0.357. The normalized spacial score (nSPS) is 11.7. The lowest BCUT2D eigenvalue weighted by Gasteiger charge is -1.97. The first-order valence-corrected chi connectivity index (χ1v) is 8.99. The molecule has 0 saturated heterocycles. The molecular weight excluding hydrogens is 388 g/mol. The smallest absolute Gasteiger partial charge is 0.227 e. The lowest BCUT2D eigenvalue weighted by Crippen LogP contribution is -1.77. The monoisotopic (exact) mass is 402 g/mol. The van der Waals surface area contributed by atoms with Crippen molar-refractivity contribution in [1.82, 2.24) is 4.98 Å². The number of fused-ring (bicyclic) bond motifs is 1. The number of hydrogen-bond acceptors (Lipinski definition) is 3. The molecule has 0 unspecified atom stereocenters. The van der Waals surface area contributed by atoms with Crippen molar-refractivity contribution in [2.75, 3.05) is 0 Å². The van der Waals surface area contributed by atoms with Gasteiger partial charge in [0, 0.05) is 16.3 Å². The fourth-order valence-electron chi connectivity index (χ4n) is 2.57. The molecule has 3 nitrogen and oxygen atoms in total. The average Bonchev–Trinajstić information content (AvgIpc) is 3.11. The molecule has 4 heteroatoms. The number of hydrogen-bond donors (Lipinski definition) is 0. The van der Waals surface area contributed by atoms with Crippen LogP contribution in [0, 0.1) is 0 Å². The van der Waals surface area contributed by atoms with Crippen LogP contribution in [0.15, 0.2) is 92.8 Å². The van der Waals surface area contributed by atoms with Gasteiger partial charge in [0.05, 0.1) is 5.69 Å². The molecule has 0 amide bonds. The Morgan fingerprint density at radius 3 is 2.62 bits per heavy atom. The summed E-state index contributed by atoms with van der Waals surface area (Å²) in [4.78, 5) is 9.02. The number of allylic oxidation sites excluding steroid dienone is 1. The first-order valence-electron chi connectivity index (χ1n) is 8.20. The Morgan fingerprint density at radius 1 is 0.923 bits per heavy atom. The zero-order valence-corrected chi connectivity index (χ0v) is 15.4. The Kier molecular flexibility index (Phi) is 4.75. The first-order chi connectivity index (χ1) is 12.8. The molecule has 0 fully saturated rings.